The lowest BCUT2D eigenvalue weighted by Crippen LogP contribution is -2.61. The molecule has 2 heterocycles. The van der Waals surface area contributed by atoms with E-state index in [1.165, 1.54) is 0 Å². The number of piperazine rings is 1. The monoisotopic (exact) mass is 347 g/mol. The zero-order chi connectivity index (χ0) is 17.6. The van der Waals surface area contributed by atoms with Gasteiger partial charge in [-0.3, -0.25) is 9.59 Å². The van der Waals surface area contributed by atoms with Crippen LogP contribution >= 0.6 is 0 Å². The molecular formula is C18H25N3O4. The molecule has 2 fully saturated rings. The van der Waals surface area contributed by atoms with Crippen molar-refractivity contribution in [2.75, 3.05) is 53.0 Å². The van der Waals surface area contributed by atoms with E-state index in [1.54, 1.807) is 16.9 Å². The molecule has 1 atom stereocenters. The average Bonchev–Trinajstić information content (AvgIpc) is 2.68. The van der Waals surface area contributed by atoms with Gasteiger partial charge in [0.15, 0.2) is 0 Å². The van der Waals surface area contributed by atoms with Crippen LogP contribution in [0.25, 0.3) is 0 Å². The van der Waals surface area contributed by atoms with Gasteiger partial charge in [0.25, 0.3) is 0 Å². The Morgan fingerprint density at radius 3 is 2.76 bits per heavy atom. The van der Waals surface area contributed by atoms with Crippen LogP contribution in [0.5, 0.6) is 5.75 Å². The molecule has 2 saturated heterocycles. The van der Waals surface area contributed by atoms with Gasteiger partial charge in [0, 0.05) is 38.3 Å². The molecule has 2 amide bonds. The molecule has 0 aromatic heterocycles. The highest BCUT2D eigenvalue weighted by Crippen LogP contribution is 2.20. The highest BCUT2D eigenvalue weighted by atomic mass is 16.5. The number of nitrogens with one attached hydrogen (secondary N) is 1. The quantitative estimate of drug-likeness (QED) is 0.823. The molecule has 0 radical (unpaired) electrons. The van der Waals surface area contributed by atoms with Crippen LogP contribution in [0.15, 0.2) is 24.3 Å². The lowest BCUT2D eigenvalue weighted by atomic mass is 10.1. The Morgan fingerprint density at radius 2 is 2.00 bits per heavy atom. The Morgan fingerprint density at radius 1 is 1.24 bits per heavy atom. The lowest BCUT2D eigenvalue weighted by molar-refractivity contribution is -0.149. The number of para-hydroxylation sites is 1. The third-order valence-electron chi connectivity index (χ3n) is 4.71. The summed E-state index contributed by atoms with van der Waals surface area (Å²) >= 11 is 0. The van der Waals surface area contributed by atoms with Crippen molar-refractivity contribution >= 4 is 11.8 Å². The smallest absolute Gasteiger partial charge is 0.246 e. The van der Waals surface area contributed by atoms with E-state index in [1.807, 2.05) is 24.3 Å². The van der Waals surface area contributed by atoms with Crippen LogP contribution in [0.4, 0.5) is 0 Å². The van der Waals surface area contributed by atoms with Gasteiger partial charge in [0.1, 0.15) is 11.8 Å². The third-order valence-corrected chi connectivity index (χ3v) is 4.71. The van der Waals surface area contributed by atoms with Crippen molar-refractivity contribution in [2.24, 2.45) is 0 Å². The number of carbonyl (C=O) groups is 2. The number of morpholine rings is 1. The average molecular weight is 347 g/mol. The van der Waals surface area contributed by atoms with Gasteiger partial charge in [-0.05, 0) is 6.07 Å². The third kappa shape index (κ3) is 4.11. The predicted octanol–water partition coefficient (Wildman–Crippen LogP) is -0.103. The van der Waals surface area contributed by atoms with Gasteiger partial charge < -0.3 is 24.6 Å². The molecular weight excluding hydrogens is 322 g/mol. The maximum absolute atomic E-state index is 12.9. The number of amides is 2. The highest BCUT2D eigenvalue weighted by Gasteiger charge is 2.35. The molecule has 0 bridgehead atoms. The van der Waals surface area contributed by atoms with Crippen molar-refractivity contribution in [3.8, 4) is 5.75 Å². The zero-order valence-electron chi connectivity index (χ0n) is 14.6. The van der Waals surface area contributed by atoms with Gasteiger partial charge in [-0.25, -0.2) is 0 Å². The molecule has 7 heteroatoms. The maximum atomic E-state index is 12.9. The van der Waals surface area contributed by atoms with E-state index in [4.69, 9.17) is 9.47 Å². The first-order chi connectivity index (χ1) is 12.2. The Kier molecular flexibility index (Phi) is 5.88. The van der Waals surface area contributed by atoms with Crippen molar-refractivity contribution in [1.82, 2.24) is 15.1 Å². The van der Waals surface area contributed by atoms with Gasteiger partial charge in [0.05, 0.1) is 26.7 Å². The topological polar surface area (TPSA) is 71.1 Å². The summed E-state index contributed by atoms with van der Waals surface area (Å²) in [5.74, 6) is 0.656. The summed E-state index contributed by atoms with van der Waals surface area (Å²) in [6.45, 7) is 4.02. The second-order valence-corrected chi connectivity index (χ2v) is 6.23. The number of methoxy groups -OCH3 is 1. The molecule has 1 N–H and O–H groups in total. The molecule has 1 aromatic rings. The summed E-state index contributed by atoms with van der Waals surface area (Å²) in [5.41, 5.74) is 0.839. The van der Waals surface area contributed by atoms with Crippen LogP contribution in [0.2, 0.25) is 0 Å². The van der Waals surface area contributed by atoms with E-state index in [9.17, 15) is 9.59 Å². The first kappa shape index (κ1) is 17.7. The van der Waals surface area contributed by atoms with Gasteiger partial charge in [-0.1, -0.05) is 18.2 Å². The number of benzene rings is 1. The number of hydrogen-bond donors (Lipinski definition) is 1. The van der Waals surface area contributed by atoms with Crippen molar-refractivity contribution in [1.29, 1.82) is 0 Å². The maximum Gasteiger partial charge on any atom is 0.246 e. The molecule has 0 spiro atoms. The zero-order valence-corrected chi connectivity index (χ0v) is 14.6. The van der Waals surface area contributed by atoms with Crippen LogP contribution in [0, 0.1) is 0 Å². The second-order valence-electron chi connectivity index (χ2n) is 6.23. The van der Waals surface area contributed by atoms with E-state index >= 15 is 0 Å². The number of hydrogen-bond acceptors (Lipinski definition) is 5. The minimum Gasteiger partial charge on any atom is -0.496 e. The van der Waals surface area contributed by atoms with Crippen LogP contribution in [-0.2, 0) is 20.7 Å². The van der Waals surface area contributed by atoms with Crippen molar-refractivity contribution in [2.45, 2.75) is 12.5 Å². The normalized spacial score (nSPS) is 21.1. The van der Waals surface area contributed by atoms with Crippen molar-refractivity contribution in [3.63, 3.8) is 0 Å². The minimum absolute atomic E-state index is 0.00359. The van der Waals surface area contributed by atoms with E-state index in [0.717, 1.165) is 5.56 Å². The fourth-order valence-electron chi connectivity index (χ4n) is 3.33. The highest BCUT2D eigenvalue weighted by molar-refractivity contribution is 5.89. The largest absolute Gasteiger partial charge is 0.496 e. The fourth-order valence-corrected chi connectivity index (χ4v) is 3.33. The number of nitrogens with zero attached hydrogens (tertiary/aromatic N) is 2. The standard InChI is InChI=1S/C18H25N3O4/c1-24-16-5-3-2-4-14(16)12-17(22)21-7-6-19-13-15(21)18(23)20-8-10-25-11-9-20/h2-5,15,19H,6-13H2,1H3. The van der Waals surface area contributed by atoms with Crippen LogP contribution in [0.1, 0.15) is 5.56 Å². The van der Waals surface area contributed by atoms with Crippen molar-refractivity contribution in [3.05, 3.63) is 29.8 Å². The van der Waals surface area contributed by atoms with E-state index in [2.05, 4.69) is 5.32 Å². The molecule has 0 aliphatic carbocycles. The number of carbonyl (C=O) groups excluding carboxylic acids is 2. The lowest BCUT2D eigenvalue weighted by Gasteiger charge is -2.39. The molecule has 25 heavy (non-hydrogen) atoms. The molecule has 136 valence electrons. The van der Waals surface area contributed by atoms with Gasteiger partial charge >= 0.3 is 0 Å². The van der Waals surface area contributed by atoms with Crippen LogP contribution in [0.3, 0.4) is 0 Å². The first-order valence-electron chi connectivity index (χ1n) is 8.69. The Bertz CT molecular complexity index is 616. The second kappa shape index (κ2) is 8.31. The SMILES string of the molecule is COc1ccccc1CC(=O)N1CCNCC1C(=O)N1CCOCC1. The van der Waals surface area contributed by atoms with E-state index in [-0.39, 0.29) is 18.2 Å². The summed E-state index contributed by atoms with van der Waals surface area (Å²) in [6, 6.07) is 7.05. The molecule has 3 rings (SSSR count). The van der Waals surface area contributed by atoms with E-state index in [0.29, 0.717) is 51.7 Å². The molecule has 7 nitrogen and oxygen atoms in total. The van der Waals surface area contributed by atoms with Gasteiger partial charge in [-0.2, -0.15) is 0 Å². The summed E-state index contributed by atoms with van der Waals surface area (Å²) in [5, 5.41) is 3.23. The first-order valence-corrected chi connectivity index (χ1v) is 8.69. The van der Waals surface area contributed by atoms with Crippen LogP contribution in [-0.4, -0.2) is 80.7 Å². The molecule has 1 aromatic carbocycles. The summed E-state index contributed by atoms with van der Waals surface area (Å²) < 4.78 is 10.6. The van der Waals surface area contributed by atoms with Gasteiger partial charge in [0.2, 0.25) is 11.8 Å². The summed E-state index contributed by atoms with van der Waals surface area (Å²) in [6.07, 6.45) is 0.233. The molecule has 1 unspecified atom stereocenters. The molecule has 2 aliphatic rings. The number of rotatable bonds is 4. The van der Waals surface area contributed by atoms with Crippen molar-refractivity contribution < 1.29 is 19.1 Å². The van der Waals surface area contributed by atoms with Crippen LogP contribution < -0.4 is 10.1 Å². The molecule has 2 aliphatic heterocycles. The number of ether oxygens (including phenoxy) is 2. The summed E-state index contributed by atoms with van der Waals surface area (Å²) in [7, 11) is 1.60. The summed E-state index contributed by atoms with van der Waals surface area (Å²) in [4.78, 5) is 29.2. The fraction of sp³-hybridized carbons (Fsp3) is 0.556. The van der Waals surface area contributed by atoms with Gasteiger partial charge in [-0.15, -0.1) is 0 Å². The van der Waals surface area contributed by atoms with E-state index < -0.39 is 6.04 Å². The Balaban J connectivity index is 1.71. The Labute approximate surface area is 147 Å². The minimum atomic E-state index is -0.450. The Hall–Kier alpha value is -2.12. The molecule has 0 saturated carbocycles. The predicted molar refractivity (Wildman–Crippen MR) is 92.5 cm³/mol.